The van der Waals surface area contributed by atoms with Gasteiger partial charge in [0.1, 0.15) is 5.52 Å². The summed E-state index contributed by atoms with van der Waals surface area (Å²) < 4.78 is 5.54. The van der Waals surface area contributed by atoms with E-state index in [1.165, 1.54) is 11.1 Å². The summed E-state index contributed by atoms with van der Waals surface area (Å²) in [6.45, 7) is 2.00. The molecular weight excluding hydrogens is 342 g/mol. The van der Waals surface area contributed by atoms with Gasteiger partial charge in [0.25, 0.3) is 0 Å². The highest BCUT2D eigenvalue weighted by Crippen LogP contribution is 2.34. The molecule has 27 heavy (non-hydrogen) atoms. The monoisotopic (exact) mass is 365 g/mol. The van der Waals surface area contributed by atoms with E-state index in [9.17, 15) is 9.90 Å². The van der Waals surface area contributed by atoms with Crippen LogP contribution in [0.25, 0.3) is 11.1 Å². The lowest BCUT2D eigenvalue weighted by atomic mass is 9.87. The molecule has 4 rings (SSSR count). The molecule has 140 valence electrons. The third-order valence-electron chi connectivity index (χ3n) is 5.06. The molecule has 0 radical (unpaired) electrons. The quantitative estimate of drug-likeness (QED) is 0.731. The highest BCUT2D eigenvalue weighted by atomic mass is 16.3. The van der Waals surface area contributed by atoms with Crippen LogP contribution in [0.15, 0.2) is 46.9 Å². The summed E-state index contributed by atoms with van der Waals surface area (Å²) in [4.78, 5) is 19.0. The molecule has 0 bridgehead atoms. The molecular formula is C21H23N3O3. The van der Waals surface area contributed by atoms with Crippen LogP contribution >= 0.6 is 0 Å². The Morgan fingerprint density at radius 1 is 1.33 bits per heavy atom. The molecule has 0 saturated heterocycles. The largest absolute Gasteiger partial charge is 0.441 e. The maximum atomic E-state index is 13.0. The summed E-state index contributed by atoms with van der Waals surface area (Å²) >= 11 is 0. The molecule has 6 nitrogen and oxygen atoms in total. The summed E-state index contributed by atoms with van der Waals surface area (Å²) in [7, 11) is 0. The van der Waals surface area contributed by atoms with Gasteiger partial charge in [0.05, 0.1) is 12.6 Å². The van der Waals surface area contributed by atoms with Crippen molar-refractivity contribution in [2.75, 3.05) is 18.5 Å². The topological polar surface area (TPSA) is 78.6 Å². The Morgan fingerprint density at radius 3 is 3.04 bits per heavy atom. The van der Waals surface area contributed by atoms with E-state index in [0.29, 0.717) is 17.2 Å². The van der Waals surface area contributed by atoms with Crippen LogP contribution in [0, 0.1) is 6.92 Å². The van der Waals surface area contributed by atoms with Gasteiger partial charge in [-0.3, -0.25) is 0 Å². The van der Waals surface area contributed by atoms with E-state index in [1.807, 2.05) is 24.3 Å². The molecule has 1 aliphatic carbocycles. The number of carbonyl (C=O) groups excluding carboxylic acids is 1. The van der Waals surface area contributed by atoms with Crippen molar-refractivity contribution in [2.45, 2.75) is 32.2 Å². The average Bonchev–Trinajstić information content (AvgIpc) is 3.05. The van der Waals surface area contributed by atoms with Gasteiger partial charge >= 0.3 is 6.03 Å². The van der Waals surface area contributed by atoms with Gasteiger partial charge in [-0.15, -0.1) is 0 Å². The lowest BCUT2D eigenvalue weighted by Gasteiger charge is -2.35. The predicted molar refractivity (Wildman–Crippen MR) is 104 cm³/mol. The van der Waals surface area contributed by atoms with Gasteiger partial charge in [-0.1, -0.05) is 24.3 Å². The Hall–Kier alpha value is -2.86. The van der Waals surface area contributed by atoms with Crippen molar-refractivity contribution in [3.63, 3.8) is 0 Å². The Bertz CT molecular complexity index is 966. The fraction of sp³-hybridized carbons (Fsp3) is 0.333. The van der Waals surface area contributed by atoms with Crippen LogP contribution < -0.4 is 5.32 Å². The molecule has 1 unspecified atom stereocenters. The third kappa shape index (κ3) is 3.53. The van der Waals surface area contributed by atoms with E-state index >= 15 is 0 Å². The SMILES string of the molecule is Cc1nc2ccc(NC(=O)N(CCO)C3CCCc4ccccc43)cc2o1. The number of nitrogens with one attached hydrogen (secondary N) is 1. The number of urea groups is 1. The maximum absolute atomic E-state index is 13.0. The van der Waals surface area contributed by atoms with Crippen LogP contribution in [0.3, 0.4) is 0 Å². The van der Waals surface area contributed by atoms with Crippen LogP contribution in [-0.4, -0.2) is 34.2 Å². The van der Waals surface area contributed by atoms with Crippen molar-refractivity contribution in [1.29, 1.82) is 0 Å². The Kier molecular flexibility index (Phi) is 4.81. The Labute approximate surface area is 157 Å². The number of hydrogen-bond donors (Lipinski definition) is 2. The molecule has 0 fully saturated rings. The molecule has 2 aromatic carbocycles. The number of aliphatic hydroxyl groups excluding tert-OH is 1. The average molecular weight is 365 g/mol. The first-order valence-electron chi connectivity index (χ1n) is 9.29. The first-order valence-corrected chi connectivity index (χ1v) is 9.29. The van der Waals surface area contributed by atoms with Gasteiger partial charge in [0.15, 0.2) is 11.5 Å². The lowest BCUT2D eigenvalue weighted by molar-refractivity contribution is 0.155. The van der Waals surface area contributed by atoms with Crippen molar-refractivity contribution in [1.82, 2.24) is 9.88 Å². The maximum Gasteiger partial charge on any atom is 0.322 e. The van der Waals surface area contributed by atoms with Gasteiger partial charge < -0.3 is 19.7 Å². The van der Waals surface area contributed by atoms with E-state index in [1.54, 1.807) is 17.9 Å². The number of fused-ring (bicyclic) bond motifs is 2. The summed E-state index contributed by atoms with van der Waals surface area (Å²) in [5, 5.41) is 12.5. The van der Waals surface area contributed by atoms with Gasteiger partial charge in [0, 0.05) is 25.2 Å². The molecule has 3 aromatic rings. The van der Waals surface area contributed by atoms with Crippen LogP contribution in [-0.2, 0) is 6.42 Å². The normalized spacial score (nSPS) is 16.1. The van der Waals surface area contributed by atoms with Gasteiger partial charge in [-0.2, -0.15) is 0 Å². The highest BCUT2D eigenvalue weighted by molar-refractivity contribution is 5.92. The first-order chi connectivity index (χ1) is 13.2. The van der Waals surface area contributed by atoms with E-state index in [0.717, 1.165) is 24.8 Å². The minimum atomic E-state index is -0.221. The number of rotatable bonds is 4. The summed E-state index contributed by atoms with van der Waals surface area (Å²) in [6, 6.07) is 13.4. The van der Waals surface area contributed by atoms with Crippen LogP contribution in [0.4, 0.5) is 10.5 Å². The molecule has 1 aliphatic rings. The van der Waals surface area contributed by atoms with Crippen LogP contribution in [0.2, 0.25) is 0 Å². The summed E-state index contributed by atoms with van der Waals surface area (Å²) in [5.41, 5.74) is 4.51. The van der Waals surface area contributed by atoms with Crippen LogP contribution in [0.5, 0.6) is 0 Å². The van der Waals surface area contributed by atoms with Crippen molar-refractivity contribution in [3.05, 3.63) is 59.5 Å². The van der Waals surface area contributed by atoms with Crippen molar-refractivity contribution >= 4 is 22.8 Å². The third-order valence-corrected chi connectivity index (χ3v) is 5.06. The predicted octanol–water partition coefficient (Wildman–Crippen LogP) is 4.04. The number of benzene rings is 2. The minimum Gasteiger partial charge on any atom is -0.441 e. The Morgan fingerprint density at radius 2 is 2.19 bits per heavy atom. The fourth-order valence-electron chi connectivity index (χ4n) is 3.87. The van der Waals surface area contributed by atoms with Crippen molar-refractivity contribution in [2.24, 2.45) is 0 Å². The summed E-state index contributed by atoms with van der Waals surface area (Å²) in [5.74, 6) is 0.592. The summed E-state index contributed by atoms with van der Waals surface area (Å²) in [6.07, 6.45) is 2.95. The van der Waals surface area contributed by atoms with Gasteiger partial charge in [0.2, 0.25) is 0 Å². The van der Waals surface area contributed by atoms with E-state index < -0.39 is 0 Å². The van der Waals surface area contributed by atoms with Gasteiger partial charge in [-0.25, -0.2) is 9.78 Å². The number of aromatic nitrogens is 1. The molecule has 0 spiro atoms. The molecule has 2 N–H and O–H groups in total. The number of hydrogen-bond acceptors (Lipinski definition) is 4. The van der Waals surface area contributed by atoms with E-state index in [-0.39, 0.29) is 25.2 Å². The number of carbonyl (C=O) groups is 1. The molecule has 2 amide bonds. The zero-order valence-electron chi connectivity index (χ0n) is 15.3. The van der Waals surface area contributed by atoms with Gasteiger partial charge in [-0.05, 0) is 42.5 Å². The number of anilines is 1. The second-order valence-corrected chi connectivity index (χ2v) is 6.87. The minimum absolute atomic E-state index is 0.0293. The second kappa shape index (κ2) is 7.40. The number of aryl methyl sites for hydroxylation is 2. The fourth-order valence-corrected chi connectivity index (χ4v) is 3.87. The second-order valence-electron chi connectivity index (χ2n) is 6.87. The highest BCUT2D eigenvalue weighted by Gasteiger charge is 2.29. The number of aliphatic hydroxyl groups is 1. The smallest absolute Gasteiger partial charge is 0.322 e. The molecule has 0 aliphatic heterocycles. The zero-order chi connectivity index (χ0) is 18.8. The van der Waals surface area contributed by atoms with Crippen molar-refractivity contribution in [3.8, 4) is 0 Å². The molecule has 6 heteroatoms. The zero-order valence-corrected chi connectivity index (χ0v) is 15.3. The standard InChI is InChI=1S/C21H23N3O3/c1-14-22-18-10-9-16(13-20(18)27-14)23-21(26)24(11-12-25)19-8-4-6-15-5-2-3-7-17(15)19/h2-3,5,7,9-10,13,19,25H,4,6,8,11-12H2,1H3,(H,23,26). The van der Waals surface area contributed by atoms with E-state index in [4.69, 9.17) is 4.42 Å². The molecule has 1 atom stereocenters. The lowest BCUT2D eigenvalue weighted by Crippen LogP contribution is -2.41. The number of oxazole rings is 1. The molecule has 0 saturated carbocycles. The number of nitrogens with zero attached hydrogens (tertiary/aromatic N) is 2. The Balaban J connectivity index is 1.59. The molecule has 1 heterocycles. The van der Waals surface area contributed by atoms with Crippen LogP contribution in [0.1, 0.15) is 35.9 Å². The molecule has 1 aromatic heterocycles. The van der Waals surface area contributed by atoms with Crippen molar-refractivity contribution < 1.29 is 14.3 Å². The first kappa shape index (κ1) is 17.5. The van der Waals surface area contributed by atoms with E-state index in [2.05, 4.69) is 22.4 Å². The number of amides is 2.